The molecular formula is C12H21N7. The Balaban J connectivity index is 2.29. The largest absolute Gasteiger partial charge is 0.310 e. The number of aromatic nitrogens is 6. The Morgan fingerprint density at radius 3 is 2.42 bits per heavy atom. The highest BCUT2D eigenvalue weighted by Crippen LogP contribution is 2.23. The number of aryl methyl sites for hydroxylation is 3. The van der Waals surface area contributed by atoms with E-state index in [0.29, 0.717) is 0 Å². The summed E-state index contributed by atoms with van der Waals surface area (Å²) in [4.78, 5) is 1.49. The summed E-state index contributed by atoms with van der Waals surface area (Å²) in [7, 11) is 3.74. The molecule has 1 atom stereocenters. The van der Waals surface area contributed by atoms with Gasteiger partial charge < -0.3 is 5.32 Å². The molecule has 0 aliphatic carbocycles. The highest BCUT2D eigenvalue weighted by atomic mass is 15.6. The van der Waals surface area contributed by atoms with Gasteiger partial charge in [-0.25, -0.2) is 0 Å². The van der Waals surface area contributed by atoms with Crippen molar-refractivity contribution in [3.05, 3.63) is 22.8 Å². The van der Waals surface area contributed by atoms with Gasteiger partial charge in [0, 0.05) is 30.8 Å². The second-order valence-corrected chi connectivity index (χ2v) is 4.72. The lowest BCUT2D eigenvalue weighted by molar-refractivity contribution is 0.529. The van der Waals surface area contributed by atoms with E-state index >= 15 is 0 Å². The van der Waals surface area contributed by atoms with E-state index in [4.69, 9.17) is 0 Å². The first-order valence-corrected chi connectivity index (χ1v) is 6.49. The van der Waals surface area contributed by atoms with Crippen molar-refractivity contribution in [2.45, 2.75) is 33.2 Å². The minimum atomic E-state index is 0.169. The van der Waals surface area contributed by atoms with Crippen LogP contribution in [0.3, 0.4) is 0 Å². The third-order valence-electron chi connectivity index (χ3n) is 3.30. The lowest BCUT2D eigenvalue weighted by atomic mass is 10.0. The van der Waals surface area contributed by atoms with Crippen LogP contribution in [-0.2, 0) is 20.5 Å². The van der Waals surface area contributed by atoms with Gasteiger partial charge in [0.2, 0.25) is 0 Å². The molecule has 7 nitrogen and oxygen atoms in total. The van der Waals surface area contributed by atoms with Crippen molar-refractivity contribution in [2.24, 2.45) is 14.1 Å². The highest BCUT2D eigenvalue weighted by Gasteiger charge is 2.21. The van der Waals surface area contributed by atoms with Crippen LogP contribution in [0.25, 0.3) is 0 Å². The van der Waals surface area contributed by atoms with Crippen LogP contribution in [-0.4, -0.2) is 36.5 Å². The van der Waals surface area contributed by atoms with Crippen molar-refractivity contribution in [1.82, 2.24) is 35.3 Å². The fourth-order valence-corrected chi connectivity index (χ4v) is 2.40. The quantitative estimate of drug-likeness (QED) is 0.848. The van der Waals surface area contributed by atoms with Crippen LogP contribution in [0, 0.1) is 13.8 Å². The van der Waals surface area contributed by atoms with Gasteiger partial charge in [-0.2, -0.15) is 9.90 Å². The topological polar surface area (TPSA) is 73.5 Å². The minimum absolute atomic E-state index is 0.169. The van der Waals surface area contributed by atoms with Crippen molar-refractivity contribution in [3.8, 4) is 0 Å². The van der Waals surface area contributed by atoms with E-state index in [-0.39, 0.29) is 6.04 Å². The number of likely N-dealkylation sites (N-methyl/N-ethyl adjacent to an activating group) is 1. The van der Waals surface area contributed by atoms with Crippen LogP contribution < -0.4 is 5.32 Å². The van der Waals surface area contributed by atoms with Crippen LogP contribution in [0.5, 0.6) is 0 Å². The second-order valence-electron chi connectivity index (χ2n) is 4.72. The lowest BCUT2D eigenvalue weighted by Crippen LogP contribution is -2.24. The van der Waals surface area contributed by atoms with Gasteiger partial charge in [-0.05, 0) is 25.6 Å². The fraction of sp³-hybridized carbons (Fsp3) is 0.667. The Labute approximate surface area is 113 Å². The normalized spacial score (nSPS) is 12.9. The Kier molecular flexibility index (Phi) is 3.94. The van der Waals surface area contributed by atoms with Crippen molar-refractivity contribution in [1.29, 1.82) is 0 Å². The van der Waals surface area contributed by atoms with Crippen molar-refractivity contribution < 1.29 is 0 Å². The van der Waals surface area contributed by atoms with Gasteiger partial charge in [-0.1, -0.05) is 6.92 Å². The molecular weight excluding hydrogens is 242 g/mol. The van der Waals surface area contributed by atoms with Gasteiger partial charge >= 0.3 is 0 Å². The lowest BCUT2D eigenvalue weighted by Gasteiger charge is -2.17. The molecule has 104 valence electrons. The average molecular weight is 263 g/mol. The summed E-state index contributed by atoms with van der Waals surface area (Å²) in [6.07, 6.45) is 0.717. The van der Waals surface area contributed by atoms with Gasteiger partial charge in [-0.15, -0.1) is 10.2 Å². The van der Waals surface area contributed by atoms with E-state index in [1.807, 2.05) is 18.7 Å². The number of nitrogens with one attached hydrogen (secondary N) is 1. The van der Waals surface area contributed by atoms with Crippen LogP contribution in [0.15, 0.2) is 0 Å². The van der Waals surface area contributed by atoms with E-state index in [1.54, 1.807) is 7.05 Å². The second kappa shape index (κ2) is 5.48. The Morgan fingerprint density at radius 1 is 1.21 bits per heavy atom. The first-order valence-electron chi connectivity index (χ1n) is 6.49. The molecule has 19 heavy (non-hydrogen) atoms. The first-order chi connectivity index (χ1) is 9.02. The highest BCUT2D eigenvalue weighted by molar-refractivity contribution is 5.28. The third kappa shape index (κ3) is 2.81. The predicted molar refractivity (Wildman–Crippen MR) is 71.6 cm³/mol. The molecule has 0 saturated carbocycles. The van der Waals surface area contributed by atoms with Crippen LogP contribution in [0.4, 0.5) is 0 Å². The monoisotopic (exact) mass is 263 g/mol. The summed E-state index contributed by atoms with van der Waals surface area (Å²) < 4.78 is 1.92. The smallest absolute Gasteiger partial charge is 0.176 e. The Bertz CT molecular complexity index is 554. The molecule has 0 amide bonds. The maximum atomic E-state index is 4.48. The molecule has 2 aromatic rings. The fourth-order valence-electron chi connectivity index (χ4n) is 2.40. The summed E-state index contributed by atoms with van der Waals surface area (Å²) in [6.45, 7) is 7.11. The number of rotatable bonds is 5. The summed E-state index contributed by atoms with van der Waals surface area (Å²) in [6, 6.07) is 0.169. The maximum absolute atomic E-state index is 4.48. The minimum Gasteiger partial charge on any atom is -0.310 e. The summed E-state index contributed by atoms with van der Waals surface area (Å²) in [5.41, 5.74) is 3.46. The van der Waals surface area contributed by atoms with E-state index in [9.17, 15) is 0 Å². The van der Waals surface area contributed by atoms with Crippen LogP contribution in [0.2, 0.25) is 0 Å². The SMILES string of the molecule is CCNC(Cc1nnn(C)n1)c1c(C)nn(C)c1C. The van der Waals surface area contributed by atoms with Gasteiger partial charge in [0.1, 0.15) is 0 Å². The zero-order valence-corrected chi connectivity index (χ0v) is 12.2. The van der Waals surface area contributed by atoms with Crippen molar-refractivity contribution >= 4 is 0 Å². The molecule has 0 spiro atoms. The van der Waals surface area contributed by atoms with Gasteiger partial charge in [-0.3, -0.25) is 4.68 Å². The Hall–Kier alpha value is -1.76. The molecule has 1 N–H and O–H groups in total. The molecule has 0 fully saturated rings. The molecule has 0 saturated heterocycles. The maximum Gasteiger partial charge on any atom is 0.176 e. The standard InChI is InChI=1S/C12H21N7/c1-6-13-10(7-11-14-17-19(5)16-11)12-8(2)15-18(4)9(12)3/h10,13H,6-7H2,1-5H3. The Morgan fingerprint density at radius 2 is 1.95 bits per heavy atom. The van der Waals surface area contributed by atoms with Crippen LogP contribution in [0.1, 0.15) is 35.7 Å². The molecule has 0 aromatic carbocycles. The summed E-state index contributed by atoms with van der Waals surface area (Å²) in [5, 5.41) is 20.2. The molecule has 2 aromatic heterocycles. The number of hydrogen-bond donors (Lipinski definition) is 1. The van der Waals surface area contributed by atoms with Gasteiger partial charge in [0.15, 0.2) is 5.82 Å². The number of nitrogens with zero attached hydrogens (tertiary/aromatic N) is 6. The van der Waals surface area contributed by atoms with Crippen LogP contribution >= 0.6 is 0 Å². The van der Waals surface area contributed by atoms with Gasteiger partial charge in [0.05, 0.1) is 12.7 Å². The molecule has 1 unspecified atom stereocenters. The molecule has 0 bridgehead atoms. The van der Waals surface area contributed by atoms with E-state index < -0.39 is 0 Å². The van der Waals surface area contributed by atoms with E-state index in [1.165, 1.54) is 16.1 Å². The van der Waals surface area contributed by atoms with Crippen molar-refractivity contribution in [2.75, 3.05) is 6.54 Å². The number of hydrogen-bond acceptors (Lipinski definition) is 5. The zero-order chi connectivity index (χ0) is 14.0. The van der Waals surface area contributed by atoms with E-state index in [0.717, 1.165) is 24.5 Å². The molecule has 2 rings (SSSR count). The average Bonchev–Trinajstić information content (AvgIpc) is 2.84. The molecule has 0 aliphatic heterocycles. The zero-order valence-electron chi connectivity index (χ0n) is 12.2. The first kappa shape index (κ1) is 13.7. The number of tetrazole rings is 1. The molecule has 0 radical (unpaired) electrons. The predicted octanol–water partition coefficient (Wildman–Crippen LogP) is 0.454. The molecule has 0 aliphatic rings. The molecule has 7 heteroatoms. The summed E-state index contributed by atoms with van der Waals surface area (Å²) >= 11 is 0. The molecule has 2 heterocycles. The van der Waals surface area contributed by atoms with Crippen molar-refractivity contribution in [3.63, 3.8) is 0 Å². The van der Waals surface area contributed by atoms with E-state index in [2.05, 4.69) is 39.7 Å². The summed E-state index contributed by atoms with van der Waals surface area (Å²) in [5.74, 6) is 0.746. The third-order valence-corrected chi connectivity index (χ3v) is 3.30. The van der Waals surface area contributed by atoms with Gasteiger partial charge in [0.25, 0.3) is 0 Å².